The Morgan fingerprint density at radius 2 is 2.00 bits per heavy atom. The molecule has 0 bridgehead atoms. The fraction of sp³-hybridized carbons (Fsp3) is 0.400. The molecule has 0 atom stereocenters. The molecule has 0 spiro atoms. The summed E-state index contributed by atoms with van der Waals surface area (Å²) < 4.78 is 0. The van der Waals surface area contributed by atoms with Crippen LogP contribution in [0.5, 0.6) is 5.75 Å². The average Bonchev–Trinajstić information content (AvgIpc) is 2.07. The Labute approximate surface area is 73.2 Å². The van der Waals surface area contributed by atoms with Crippen molar-refractivity contribution in [1.82, 2.24) is 0 Å². The second-order valence-corrected chi connectivity index (χ2v) is 2.93. The lowest BCUT2D eigenvalue weighted by Crippen LogP contribution is -1.98. The molecule has 0 aliphatic rings. The molecule has 2 heteroatoms. The third-order valence-corrected chi connectivity index (χ3v) is 2.00. The van der Waals surface area contributed by atoms with Crippen molar-refractivity contribution in [2.45, 2.75) is 20.8 Å². The maximum Gasteiger partial charge on any atom is 0.123 e. The van der Waals surface area contributed by atoms with Gasteiger partial charge < -0.3 is 10.4 Å². The maximum atomic E-state index is 9.57. The van der Waals surface area contributed by atoms with Crippen LogP contribution >= 0.6 is 0 Å². The number of rotatable bonds is 2. The summed E-state index contributed by atoms with van der Waals surface area (Å²) in [5.74, 6) is 0.397. The Morgan fingerprint density at radius 1 is 1.33 bits per heavy atom. The van der Waals surface area contributed by atoms with E-state index in [1.165, 1.54) is 0 Å². The van der Waals surface area contributed by atoms with Gasteiger partial charge in [-0.05, 0) is 32.4 Å². The van der Waals surface area contributed by atoms with Crippen LogP contribution in [-0.4, -0.2) is 11.7 Å². The molecule has 0 heterocycles. The van der Waals surface area contributed by atoms with Crippen molar-refractivity contribution < 1.29 is 5.11 Å². The second kappa shape index (κ2) is 3.48. The smallest absolute Gasteiger partial charge is 0.123 e. The molecule has 12 heavy (non-hydrogen) atoms. The summed E-state index contributed by atoms with van der Waals surface area (Å²) in [5.41, 5.74) is 2.87. The number of aromatic hydroxyl groups is 1. The minimum absolute atomic E-state index is 0.397. The van der Waals surface area contributed by atoms with Gasteiger partial charge in [-0.2, -0.15) is 0 Å². The highest BCUT2D eigenvalue weighted by Crippen LogP contribution is 2.27. The first-order chi connectivity index (χ1) is 5.66. The van der Waals surface area contributed by atoms with Gasteiger partial charge in [0.1, 0.15) is 5.75 Å². The predicted octanol–water partition coefficient (Wildman–Crippen LogP) is 2.44. The van der Waals surface area contributed by atoms with Gasteiger partial charge in [-0.15, -0.1) is 0 Å². The van der Waals surface area contributed by atoms with Crippen LogP contribution in [0.15, 0.2) is 12.1 Å². The number of hydrogen-bond acceptors (Lipinski definition) is 2. The van der Waals surface area contributed by atoms with Gasteiger partial charge in [-0.3, -0.25) is 0 Å². The Hall–Kier alpha value is -1.18. The fourth-order valence-electron chi connectivity index (χ4n) is 1.22. The van der Waals surface area contributed by atoms with Gasteiger partial charge in [0.05, 0.1) is 0 Å². The molecule has 0 aliphatic heterocycles. The van der Waals surface area contributed by atoms with Crippen molar-refractivity contribution in [1.29, 1.82) is 0 Å². The van der Waals surface area contributed by atoms with Gasteiger partial charge in [0.2, 0.25) is 0 Å². The number of hydrogen-bond donors (Lipinski definition) is 2. The molecule has 0 fully saturated rings. The zero-order chi connectivity index (χ0) is 9.14. The lowest BCUT2D eigenvalue weighted by atomic mass is 10.1. The first kappa shape index (κ1) is 8.91. The number of phenols is 1. The van der Waals surface area contributed by atoms with Gasteiger partial charge in [0, 0.05) is 17.8 Å². The van der Waals surface area contributed by atoms with Crippen LogP contribution in [0, 0.1) is 13.8 Å². The largest absolute Gasteiger partial charge is 0.507 e. The summed E-state index contributed by atoms with van der Waals surface area (Å²) >= 11 is 0. The van der Waals surface area contributed by atoms with Crippen molar-refractivity contribution in [2.24, 2.45) is 0 Å². The van der Waals surface area contributed by atoms with E-state index >= 15 is 0 Å². The quantitative estimate of drug-likeness (QED) is 0.705. The SMILES string of the molecule is CCNc1ccc(C)c(O)c1C. The third-order valence-electron chi connectivity index (χ3n) is 2.00. The molecule has 1 aromatic rings. The van der Waals surface area contributed by atoms with Crippen LogP contribution in [0.25, 0.3) is 0 Å². The van der Waals surface area contributed by atoms with Crippen molar-refractivity contribution >= 4 is 5.69 Å². The van der Waals surface area contributed by atoms with Crippen molar-refractivity contribution in [2.75, 3.05) is 11.9 Å². The van der Waals surface area contributed by atoms with Gasteiger partial charge in [-0.1, -0.05) is 6.07 Å². The molecule has 0 saturated heterocycles. The van der Waals surface area contributed by atoms with Crippen molar-refractivity contribution in [3.63, 3.8) is 0 Å². The first-order valence-electron chi connectivity index (χ1n) is 4.19. The van der Waals surface area contributed by atoms with Crippen LogP contribution < -0.4 is 5.32 Å². The monoisotopic (exact) mass is 165 g/mol. The lowest BCUT2D eigenvalue weighted by Gasteiger charge is -2.10. The highest BCUT2D eigenvalue weighted by molar-refractivity contribution is 5.58. The van der Waals surface area contributed by atoms with E-state index < -0.39 is 0 Å². The number of phenolic OH excluding ortho intramolecular Hbond substituents is 1. The summed E-state index contributed by atoms with van der Waals surface area (Å²) in [4.78, 5) is 0. The van der Waals surface area contributed by atoms with Crippen LogP contribution in [-0.2, 0) is 0 Å². The average molecular weight is 165 g/mol. The summed E-state index contributed by atoms with van der Waals surface area (Å²) in [7, 11) is 0. The van der Waals surface area contributed by atoms with Gasteiger partial charge >= 0.3 is 0 Å². The van der Waals surface area contributed by atoms with Crippen LogP contribution in [0.3, 0.4) is 0 Å². The first-order valence-corrected chi connectivity index (χ1v) is 4.19. The third kappa shape index (κ3) is 1.52. The van der Waals surface area contributed by atoms with Crippen LogP contribution in [0.4, 0.5) is 5.69 Å². The highest BCUT2D eigenvalue weighted by Gasteiger charge is 2.03. The molecule has 1 aromatic carbocycles. The molecule has 0 saturated carbocycles. The van der Waals surface area contributed by atoms with E-state index in [2.05, 4.69) is 5.32 Å². The number of anilines is 1. The van der Waals surface area contributed by atoms with E-state index in [9.17, 15) is 5.11 Å². The van der Waals surface area contributed by atoms with E-state index in [4.69, 9.17) is 0 Å². The van der Waals surface area contributed by atoms with Crippen molar-refractivity contribution in [3.8, 4) is 5.75 Å². The zero-order valence-electron chi connectivity index (χ0n) is 7.81. The van der Waals surface area contributed by atoms with Gasteiger partial charge in [0.25, 0.3) is 0 Å². The lowest BCUT2D eigenvalue weighted by molar-refractivity contribution is 0.467. The molecule has 1 rings (SSSR count). The van der Waals surface area contributed by atoms with Gasteiger partial charge in [0.15, 0.2) is 0 Å². The molecule has 0 unspecified atom stereocenters. The molecule has 0 aromatic heterocycles. The summed E-state index contributed by atoms with van der Waals surface area (Å²) in [6.07, 6.45) is 0. The minimum Gasteiger partial charge on any atom is -0.507 e. The number of nitrogens with one attached hydrogen (secondary N) is 1. The van der Waals surface area contributed by atoms with E-state index in [1.807, 2.05) is 32.9 Å². The van der Waals surface area contributed by atoms with Crippen LogP contribution in [0.2, 0.25) is 0 Å². The Balaban J connectivity index is 3.08. The normalized spacial score (nSPS) is 9.92. The second-order valence-electron chi connectivity index (χ2n) is 2.93. The minimum atomic E-state index is 0.397. The molecule has 66 valence electrons. The number of aryl methyl sites for hydroxylation is 1. The molecule has 0 radical (unpaired) electrons. The molecular weight excluding hydrogens is 150 g/mol. The maximum absolute atomic E-state index is 9.57. The van der Waals surface area contributed by atoms with Crippen LogP contribution in [0.1, 0.15) is 18.1 Å². The van der Waals surface area contributed by atoms with E-state index in [0.29, 0.717) is 5.75 Å². The van der Waals surface area contributed by atoms with Crippen molar-refractivity contribution in [3.05, 3.63) is 23.3 Å². The summed E-state index contributed by atoms with van der Waals surface area (Å²) in [6, 6.07) is 3.91. The van der Waals surface area contributed by atoms with E-state index in [0.717, 1.165) is 23.4 Å². The Morgan fingerprint density at radius 3 is 2.58 bits per heavy atom. The van der Waals surface area contributed by atoms with E-state index in [1.54, 1.807) is 0 Å². The summed E-state index contributed by atoms with van der Waals surface area (Å²) in [5, 5.41) is 12.8. The zero-order valence-corrected chi connectivity index (χ0v) is 7.81. The standard InChI is InChI=1S/C10H15NO/c1-4-11-9-6-5-7(2)10(12)8(9)3/h5-6,11-12H,4H2,1-3H3. The highest BCUT2D eigenvalue weighted by atomic mass is 16.3. The number of benzene rings is 1. The topological polar surface area (TPSA) is 32.3 Å². The predicted molar refractivity (Wildman–Crippen MR) is 51.7 cm³/mol. The Kier molecular flexibility index (Phi) is 2.58. The molecule has 0 amide bonds. The van der Waals surface area contributed by atoms with E-state index in [-0.39, 0.29) is 0 Å². The molecule has 0 aliphatic carbocycles. The molecule has 2 nitrogen and oxygen atoms in total. The molecule has 2 N–H and O–H groups in total. The molecular formula is C10H15NO. The summed E-state index contributed by atoms with van der Waals surface area (Å²) in [6.45, 7) is 6.73. The van der Waals surface area contributed by atoms with Gasteiger partial charge in [-0.25, -0.2) is 0 Å². The Bertz CT molecular complexity index is 281. The fourth-order valence-corrected chi connectivity index (χ4v) is 1.22.